The van der Waals surface area contributed by atoms with Crippen LogP contribution in [-0.2, 0) is 4.74 Å². The van der Waals surface area contributed by atoms with Crippen LogP contribution in [0.5, 0.6) is 5.75 Å². The van der Waals surface area contributed by atoms with Crippen molar-refractivity contribution in [3.05, 3.63) is 29.1 Å². The van der Waals surface area contributed by atoms with Gasteiger partial charge in [-0.15, -0.1) is 0 Å². The van der Waals surface area contributed by atoms with Crippen LogP contribution in [0.25, 0.3) is 0 Å². The average Bonchev–Trinajstić information content (AvgIpc) is 3.39. The molecule has 0 aromatic heterocycles. The molecule has 26 heavy (non-hydrogen) atoms. The third-order valence-electron chi connectivity index (χ3n) is 4.98. The number of piperidine rings is 1. The Morgan fingerprint density at radius 2 is 1.88 bits per heavy atom. The Morgan fingerprint density at radius 3 is 2.50 bits per heavy atom. The Kier molecular flexibility index (Phi) is 5.86. The molecular formula is C21H30FNO3. The van der Waals surface area contributed by atoms with E-state index in [2.05, 4.69) is 5.32 Å². The van der Waals surface area contributed by atoms with Gasteiger partial charge in [-0.25, -0.2) is 9.18 Å². The fourth-order valence-electron chi connectivity index (χ4n) is 3.41. The molecule has 1 saturated heterocycles. The fourth-order valence-corrected chi connectivity index (χ4v) is 3.41. The van der Waals surface area contributed by atoms with Crippen molar-refractivity contribution in [1.82, 2.24) is 5.32 Å². The van der Waals surface area contributed by atoms with Gasteiger partial charge in [0.2, 0.25) is 0 Å². The fraction of sp³-hybridized carbons (Fsp3) is 0.667. The van der Waals surface area contributed by atoms with Crippen molar-refractivity contribution in [2.45, 2.75) is 64.4 Å². The maximum Gasteiger partial charge on any atom is 0.341 e. The van der Waals surface area contributed by atoms with Gasteiger partial charge in [-0.3, -0.25) is 0 Å². The molecule has 3 rings (SSSR count). The molecule has 0 unspecified atom stereocenters. The van der Waals surface area contributed by atoms with Crippen LogP contribution in [0, 0.1) is 11.7 Å². The van der Waals surface area contributed by atoms with E-state index in [1.165, 1.54) is 18.9 Å². The molecule has 1 N–H and O–H groups in total. The average molecular weight is 363 g/mol. The number of hydrogen-bond donors (Lipinski definition) is 1. The van der Waals surface area contributed by atoms with Crippen molar-refractivity contribution >= 4 is 5.97 Å². The first-order valence-corrected chi connectivity index (χ1v) is 9.74. The Hall–Kier alpha value is -1.62. The normalized spacial score (nSPS) is 18.6. The molecule has 0 amide bonds. The van der Waals surface area contributed by atoms with Gasteiger partial charge < -0.3 is 14.8 Å². The van der Waals surface area contributed by atoms with Crippen LogP contribution in [0.2, 0.25) is 0 Å². The number of ether oxygens (including phenoxy) is 2. The first-order chi connectivity index (χ1) is 12.3. The summed E-state index contributed by atoms with van der Waals surface area (Å²) in [6, 6.07) is 3.01. The molecule has 0 radical (unpaired) electrons. The Morgan fingerprint density at radius 1 is 1.19 bits per heavy atom. The topological polar surface area (TPSA) is 47.6 Å². The molecular weight excluding hydrogens is 333 g/mol. The van der Waals surface area contributed by atoms with E-state index >= 15 is 0 Å². The molecule has 1 aliphatic heterocycles. The van der Waals surface area contributed by atoms with Gasteiger partial charge in [-0.05, 0) is 89.4 Å². The van der Waals surface area contributed by atoms with E-state index in [4.69, 9.17) is 9.47 Å². The monoisotopic (exact) mass is 363 g/mol. The van der Waals surface area contributed by atoms with Gasteiger partial charge in [-0.1, -0.05) is 0 Å². The van der Waals surface area contributed by atoms with Crippen LogP contribution in [-0.4, -0.2) is 31.3 Å². The van der Waals surface area contributed by atoms with E-state index in [1.54, 1.807) is 26.8 Å². The Labute approximate surface area is 155 Å². The lowest BCUT2D eigenvalue weighted by atomic mass is 9.95. The molecule has 2 aliphatic rings. The highest BCUT2D eigenvalue weighted by atomic mass is 19.1. The van der Waals surface area contributed by atoms with E-state index in [1.807, 2.05) is 0 Å². The molecule has 1 aliphatic carbocycles. The number of halogens is 1. The van der Waals surface area contributed by atoms with E-state index in [0.717, 1.165) is 37.9 Å². The number of rotatable bonds is 6. The van der Waals surface area contributed by atoms with Crippen LogP contribution in [0.3, 0.4) is 0 Å². The van der Waals surface area contributed by atoms with Gasteiger partial charge in [-0.2, -0.15) is 0 Å². The first kappa shape index (κ1) is 19.2. The highest BCUT2D eigenvalue weighted by Gasteiger charge is 2.30. The smallest absolute Gasteiger partial charge is 0.341 e. The van der Waals surface area contributed by atoms with Crippen molar-refractivity contribution in [1.29, 1.82) is 0 Å². The largest absolute Gasteiger partial charge is 0.493 e. The summed E-state index contributed by atoms with van der Waals surface area (Å²) in [5, 5.41) is 3.36. The summed E-state index contributed by atoms with van der Waals surface area (Å²) in [5.41, 5.74) is 0.304. The second-order valence-electron chi connectivity index (χ2n) is 8.48. The maximum absolute atomic E-state index is 14.5. The summed E-state index contributed by atoms with van der Waals surface area (Å²) < 4.78 is 25.8. The second-order valence-corrected chi connectivity index (χ2v) is 8.48. The molecule has 0 bridgehead atoms. The minimum Gasteiger partial charge on any atom is -0.493 e. The molecule has 5 heteroatoms. The van der Waals surface area contributed by atoms with Crippen LogP contribution in [0.15, 0.2) is 12.1 Å². The van der Waals surface area contributed by atoms with Crippen LogP contribution in [0.1, 0.15) is 74.7 Å². The van der Waals surface area contributed by atoms with Gasteiger partial charge in [0, 0.05) is 6.07 Å². The zero-order chi connectivity index (χ0) is 18.7. The lowest BCUT2D eigenvalue weighted by molar-refractivity contribution is 0.00645. The Balaban J connectivity index is 1.69. The lowest BCUT2D eigenvalue weighted by Crippen LogP contribution is -2.28. The number of esters is 1. The van der Waals surface area contributed by atoms with E-state index in [-0.39, 0.29) is 5.56 Å². The first-order valence-electron chi connectivity index (χ1n) is 9.74. The van der Waals surface area contributed by atoms with Crippen molar-refractivity contribution in [2.75, 3.05) is 19.7 Å². The van der Waals surface area contributed by atoms with Crippen LogP contribution in [0.4, 0.5) is 4.39 Å². The molecule has 144 valence electrons. The van der Waals surface area contributed by atoms with Crippen LogP contribution < -0.4 is 10.1 Å². The number of nitrogens with one attached hydrogen (secondary N) is 1. The minimum absolute atomic E-state index is 0.00697. The zero-order valence-corrected chi connectivity index (χ0v) is 16.1. The number of carbonyl (C=O) groups excluding carboxylic acids is 1. The molecule has 1 aromatic rings. The SMILES string of the molecule is CC(C)(C)OC(=O)c1cc(C2CC2)c(OCCC2CCNCC2)cc1F. The van der Waals surface area contributed by atoms with Gasteiger partial charge >= 0.3 is 5.97 Å². The van der Waals surface area contributed by atoms with Crippen molar-refractivity contribution in [3.63, 3.8) is 0 Å². The van der Waals surface area contributed by atoms with E-state index in [0.29, 0.717) is 24.2 Å². The van der Waals surface area contributed by atoms with Crippen molar-refractivity contribution in [3.8, 4) is 5.75 Å². The molecule has 1 aromatic carbocycles. The third-order valence-corrected chi connectivity index (χ3v) is 4.98. The van der Waals surface area contributed by atoms with Crippen molar-refractivity contribution < 1.29 is 18.7 Å². The lowest BCUT2D eigenvalue weighted by Gasteiger charge is -2.23. The predicted octanol–water partition coefficient (Wildman–Crippen LogP) is 4.43. The zero-order valence-electron chi connectivity index (χ0n) is 16.1. The summed E-state index contributed by atoms with van der Waals surface area (Å²) in [7, 11) is 0. The van der Waals surface area contributed by atoms with Crippen LogP contribution >= 0.6 is 0 Å². The number of carbonyl (C=O) groups is 1. The third kappa shape index (κ3) is 5.19. The molecule has 0 spiro atoms. The summed E-state index contributed by atoms with van der Waals surface area (Å²) in [6.45, 7) is 8.07. The quantitative estimate of drug-likeness (QED) is 0.760. The molecule has 1 heterocycles. The second kappa shape index (κ2) is 7.95. The van der Waals surface area contributed by atoms with Gasteiger partial charge in [0.25, 0.3) is 0 Å². The summed E-state index contributed by atoms with van der Waals surface area (Å²) >= 11 is 0. The summed E-state index contributed by atoms with van der Waals surface area (Å²) in [5.74, 6) is 0.446. The molecule has 1 saturated carbocycles. The summed E-state index contributed by atoms with van der Waals surface area (Å²) in [6.07, 6.45) is 5.45. The highest BCUT2D eigenvalue weighted by molar-refractivity contribution is 5.90. The van der Waals surface area contributed by atoms with E-state index < -0.39 is 17.4 Å². The summed E-state index contributed by atoms with van der Waals surface area (Å²) in [4.78, 5) is 12.3. The van der Waals surface area contributed by atoms with Gasteiger partial charge in [0.05, 0.1) is 12.2 Å². The molecule has 4 nitrogen and oxygen atoms in total. The predicted molar refractivity (Wildman–Crippen MR) is 99.2 cm³/mol. The standard InChI is InChI=1S/C21H30FNO3/c1-21(2,3)26-20(24)17-12-16(15-4-5-15)19(13-18(17)22)25-11-8-14-6-9-23-10-7-14/h12-15,23H,4-11H2,1-3H3. The maximum atomic E-state index is 14.5. The van der Waals surface area contributed by atoms with Gasteiger partial charge in [0.15, 0.2) is 0 Å². The number of hydrogen-bond acceptors (Lipinski definition) is 4. The molecule has 0 atom stereocenters. The Bertz CT molecular complexity index is 643. The van der Waals surface area contributed by atoms with Crippen molar-refractivity contribution in [2.24, 2.45) is 5.92 Å². The number of benzene rings is 1. The molecule has 2 fully saturated rings. The van der Waals surface area contributed by atoms with E-state index in [9.17, 15) is 9.18 Å². The minimum atomic E-state index is -0.646. The highest BCUT2D eigenvalue weighted by Crippen LogP contribution is 2.45. The van der Waals surface area contributed by atoms with Gasteiger partial charge in [0.1, 0.15) is 17.2 Å².